The van der Waals surface area contributed by atoms with Gasteiger partial charge in [-0.25, -0.2) is 0 Å². The van der Waals surface area contributed by atoms with Gasteiger partial charge in [-0.2, -0.15) is 10.2 Å². The van der Waals surface area contributed by atoms with Gasteiger partial charge in [0.15, 0.2) is 35.2 Å². The third kappa shape index (κ3) is 3.15. The first-order chi connectivity index (χ1) is 23.2. The summed E-state index contributed by atoms with van der Waals surface area (Å²) in [7, 11) is 0. The van der Waals surface area contributed by atoms with Crippen molar-refractivity contribution in [2.24, 2.45) is 10.2 Å². The van der Waals surface area contributed by atoms with Crippen molar-refractivity contribution >= 4 is 11.4 Å². The largest absolute Gasteiger partial charge is 0.504 e. The third-order valence-corrected chi connectivity index (χ3v) is 13.8. The molecule has 0 aromatic heterocycles. The SMILES string of the molecule is C=CCN1CC[C@@]23c4c5ccc(O)c4O[C@@H]2/C(=N/N=C2\CC[C@]4(O)[C@H]6Cc7ccc(O)c8c7[C@@]4(CCN6CC=C)[C@@H]2O8)CC[C@@]3(O)[C@H]1C5. The standard InChI is InChI=1S/C38H42N4O6/c1-3-15-41-17-13-35-29-21-5-7-25(43)31(29)47-33(35)23(9-11-37(35,45)27(41)19-21)39-40-24-10-12-38(46)28-20-22-6-8-26(44)32-30(22)36(38,34(24)48-32)14-18-42(28)16-4-2/h3-8,27-28,33-34,43-46H,1-2,9-20H2/b39-23+,40-24+/t27-,28-,33-,34-,35-,36+,37-,38+/m1/s1. The number of phenols is 2. The smallest absolute Gasteiger partial charge is 0.166 e. The Kier molecular flexibility index (Phi) is 5.79. The van der Waals surface area contributed by atoms with Crippen molar-refractivity contribution in [3.05, 3.63) is 71.8 Å². The van der Waals surface area contributed by atoms with Gasteiger partial charge in [0.05, 0.1) is 33.5 Å². The van der Waals surface area contributed by atoms with Gasteiger partial charge in [-0.05, 0) is 74.6 Å². The summed E-state index contributed by atoms with van der Waals surface area (Å²) in [5.41, 5.74) is 1.99. The summed E-state index contributed by atoms with van der Waals surface area (Å²) in [6, 6.07) is 7.18. The molecule has 2 saturated carbocycles. The summed E-state index contributed by atoms with van der Waals surface area (Å²) in [5.74, 6) is 1.11. The molecule has 4 N–H and O–H groups in total. The molecule has 2 saturated heterocycles. The molecule has 10 nitrogen and oxygen atoms in total. The minimum absolute atomic E-state index is 0.0885. The van der Waals surface area contributed by atoms with Crippen LogP contribution in [0.4, 0.5) is 0 Å². The molecule has 4 aliphatic carbocycles. The second kappa shape index (κ2) is 9.50. The van der Waals surface area contributed by atoms with Crippen molar-refractivity contribution in [3.8, 4) is 23.0 Å². The fourth-order valence-corrected chi connectivity index (χ4v) is 12.0. The summed E-state index contributed by atoms with van der Waals surface area (Å²) in [4.78, 5) is 4.68. The molecule has 4 fully saturated rings. The molecule has 0 amide bonds. The predicted octanol–water partition coefficient (Wildman–Crippen LogP) is 3.28. The van der Waals surface area contributed by atoms with Gasteiger partial charge in [0.25, 0.3) is 0 Å². The van der Waals surface area contributed by atoms with Crippen LogP contribution < -0.4 is 9.47 Å². The molecule has 2 spiro atoms. The fraction of sp³-hybridized carbons (Fsp3) is 0.526. The highest BCUT2D eigenvalue weighted by atomic mass is 16.5. The van der Waals surface area contributed by atoms with Crippen LogP contribution in [0.1, 0.15) is 60.8 Å². The lowest BCUT2D eigenvalue weighted by Gasteiger charge is -2.63. The number of piperidine rings is 2. The molecule has 10 heteroatoms. The highest BCUT2D eigenvalue weighted by molar-refractivity contribution is 5.97. The highest BCUT2D eigenvalue weighted by Crippen LogP contribution is 2.66. The van der Waals surface area contributed by atoms with Crippen LogP contribution in [-0.2, 0) is 23.7 Å². The lowest BCUT2D eigenvalue weighted by molar-refractivity contribution is -0.164. The molecule has 2 aromatic carbocycles. The van der Waals surface area contributed by atoms with Crippen LogP contribution >= 0.6 is 0 Å². The summed E-state index contributed by atoms with van der Waals surface area (Å²) < 4.78 is 13.3. The van der Waals surface area contributed by atoms with E-state index in [4.69, 9.17) is 19.7 Å². The fourth-order valence-electron chi connectivity index (χ4n) is 12.0. The number of aliphatic hydroxyl groups is 2. The Morgan fingerprint density at radius 1 is 0.708 bits per heavy atom. The molecule has 48 heavy (non-hydrogen) atoms. The molecule has 8 atom stereocenters. The Bertz CT molecular complexity index is 1740. The topological polar surface area (TPSA) is 131 Å². The first-order valence-corrected chi connectivity index (χ1v) is 17.5. The van der Waals surface area contributed by atoms with Crippen molar-refractivity contribution in [2.45, 2.75) is 97.7 Å². The van der Waals surface area contributed by atoms with Crippen LogP contribution in [0.2, 0.25) is 0 Å². The van der Waals surface area contributed by atoms with Gasteiger partial charge in [-0.3, -0.25) is 9.80 Å². The minimum atomic E-state index is -1.06. The highest BCUT2D eigenvalue weighted by Gasteiger charge is 2.74. The minimum Gasteiger partial charge on any atom is -0.504 e. The van der Waals surface area contributed by atoms with E-state index in [2.05, 4.69) is 23.0 Å². The maximum absolute atomic E-state index is 12.7. The van der Waals surface area contributed by atoms with E-state index in [0.29, 0.717) is 76.0 Å². The van der Waals surface area contributed by atoms with Gasteiger partial charge in [0, 0.05) is 49.4 Å². The zero-order valence-corrected chi connectivity index (χ0v) is 27.1. The maximum atomic E-state index is 12.7. The number of hydrogen-bond acceptors (Lipinski definition) is 10. The Hall–Kier alpha value is -3.70. The molecule has 0 radical (unpaired) electrons. The summed E-state index contributed by atoms with van der Waals surface area (Å²) in [6.45, 7) is 10.9. The molecular weight excluding hydrogens is 608 g/mol. The number of aromatic hydroxyl groups is 2. The van der Waals surface area contributed by atoms with E-state index in [1.54, 1.807) is 12.1 Å². The second-order valence-electron chi connectivity index (χ2n) is 15.4. The van der Waals surface area contributed by atoms with Gasteiger partial charge in [0.2, 0.25) is 0 Å². The van der Waals surface area contributed by atoms with E-state index in [-0.39, 0.29) is 23.6 Å². The van der Waals surface area contributed by atoms with Gasteiger partial charge in [-0.15, -0.1) is 13.2 Å². The number of phenolic OH excluding ortho intramolecular Hbond substituents is 2. The van der Waals surface area contributed by atoms with Crippen LogP contribution in [0.25, 0.3) is 0 Å². The normalized spacial score (nSPS) is 41.4. The van der Waals surface area contributed by atoms with Crippen LogP contribution in [0, 0.1) is 0 Å². The van der Waals surface area contributed by atoms with Gasteiger partial charge in [-0.1, -0.05) is 24.3 Å². The van der Waals surface area contributed by atoms with E-state index in [1.807, 2.05) is 24.3 Å². The first-order valence-electron chi connectivity index (χ1n) is 17.5. The predicted molar refractivity (Wildman–Crippen MR) is 179 cm³/mol. The lowest BCUT2D eigenvalue weighted by atomic mass is 9.48. The molecule has 4 aliphatic heterocycles. The van der Waals surface area contributed by atoms with Gasteiger partial charge >= 0.3 is 0 Å². The summed E-state index contributed by atoms with van der Waals surface area (Å²) in [6.07, 6.45) is 7.42. The molecule has 8 aliphatic rings. The molecule has 10 rings (SSSR count). The third-order valence-electron chi connectivity index (χ3n) is 13.8. The Balaban J connectivity index is 1.08. The molecule has 2 aromatic rings. The molecule has 4 heterocycles. The van der Waals surface area contributed by atoms with E-state index >= 15 is 0 Å². The van der Waals surface area contributed by atoms with E-state index in [0.717, 1.165) is 46.8 Å². The summed E-state index contributed by atoms with van der Waals surface area (Å²) in [5, 5.41) is 57.4. The molecule has 4 bridgehead atoms. The zero-order valence-electron chi connectivity index (χ0n) is 27.1. The molecule has 250 valence electrons. The van der Waals surface area contributed by atoms with Crippen molar-refractivity contribution in [1.29, 1.82) is 0 Å². The quantitative estimate of drug-likeness (QED) is 0.287. The zero-order chi connectivity index (χ0) is 32.8. The van der Waals surface area contributed by atoms with E-state index in [1.165, 1.54) is 0 Å². The average molecular weight is 651 g/mol. The number of rotatable bonds is 5. The second-order valence-corrected chi connectivity index (χ2v) is 15.4. The number of benzene rings is 2. The van der Waals surface area contributed by atoms with Crippen molar-refractivity contribution in [1.82, 2.24) is 9.80 Å². The van der Waals surface area contributed by atoms with Crippen LogP contribution in [0.5, 0.6) is 23.0 Å². The Labute approximate surface area is 279 Å². The van der Waals surface area contributed by atoms with Crippen LogP contribution in [0.3, 0.4) is 0 Å². The number of likely N-dealkylation sites (tertiary alicyclic amines) is 2. The van der Waals surface area contributed by atoms with E-state index in [9.17, 15) is 20.4 Å². The lowest BCUT2D eigenvalue weighted by Crippen LogP contribution is -2.76. The van der Waals surface area contributed by atoms with Crippen molar-refractivity contribution in [2.75, 3.05) is 26.2 Å². The molecule has 0 unspecified atom stereocenters. The van der Waals surface area contributed by atoms with Crippen LogP contribution in [0.15, 0.2) is 59.8 Å². The van der Waals surface area contributed by atoms with E-state index < -0.39 is 34.2 Å². The average Bonchev–Trinajstić information content (AvgIpc) is 3.61. The van der Waals surface area contributed by atoms with Crippen molar-refractivity contribution in [3.63, 3.8) is 0 Å². The maximum Gasteiger partial charge on any atom is 0.166 e. The van der Waals surface area contributed by atoms with Gasteiger partial charge < -0.3 is 29.9 Å². The van der Waals surface area contributed by atoms with Gasteiger partial charge in [0.1, 0.15) is 0 Å². The number of nitrogens with zero attached hydrogens (tertiary/aromatic N) is 4. The summed E-state index contributed by atoms with van der Waals surface area (Å²) >= 11 is 0. The Morgan fingerprint density at radius 3 is 1.56 bits per heavy atom. The first kappa shape index (κ1) is 29.2. The molecular formula is C38H42N4O6. The van der Waals surface area contributed by atoms with Crippen LogP contribution in [-0.4, -0.2) is 103 Å². The number of ether oxygens (including phenoxy) is 2. The monoisotopic (exact) mass is 650 g/mol. The van der Waals surface area contributed by atoms with Crippen molar-refractivity contribution < 1.29 is 29.9 Å². The Morgan fingerprint density at radius 2 is 1.15 bits per heavy atom. The number of hydrogen-bond donors (Lipinski definition) is 4.